The second kappa shape index (κ2) is 9.78. The maximum atomic E-state index is 11.7. The Bertz CT molecular complexity index is 503. The number of carbonyl (C=O) groups is 2. The van der Waals surface area contributed by atoms with Crippen LogP contribution in [-0.2, 0) is 14.3 Å². The van der Waals surface area contributed by atoms with Gasteiger partial charge in [0, 0.05) is 19.8 Å². The number of nitrogens with one attached hydrogen (secondary N) is 2. The molecule has 6 heteroatoms. The number of ether oxygens (including phenoxy) is 1. The molecule has 22 heavy (non-hydrogen) atoms. The molecule has 0 bridgehead atoms. The van der Waals surface area contributed by atoms with Crippen LogP contribution < -0.4 is 10.6 Å². The molecule has 2 amide bonds. The van der Waals surface area contributed by atoms with Crippen LogP contribution in [0.5, 0.6) is 5.75 Å². The van der Waals surface area contributed by atoms with Gasteiger partial charge in [-0.05, 0) is 37.5 Å². The third-order valence-corrected chi connectivity index (χ3v) is 3.00. The van der Waals surface area contributed by atoms with Crippen LogP contribution in [-0.4, -0.2) is 36.7 Å². The van der Waals surface area contributed by atoms with E-state index in [1.807, 2.05) is 6.92 Å². The third kappa shape index (κ3) is 6.58. The standard InChI is InChI=1S/C16H24N2O4/c1-3-4-9-22-10-5-8-17-15(20)16(21)18-13-11-12(2)6-7-14(13)19/h6-7,11,19H,3-5,8-10H2,1-2H3,(H,17,20)(H,18,21). The van der Waals surface area contributed by atoms with Crippen LogP contribution in [0.15, 0.2) is 18.2 Å². The molecule has 0 fully saturated rings. The number of phenolic OH excluding ortho intramolecular Hbond substituents is 1. The van der Waals surface area contributed by atoms with Crippen molar-refractivity contribution in [2.45, 2.75) is 33.1 Å². The molecule has 1 aromatic rings. The number of phenols is 1. The lowest BCUT2D eigenvalue weighted by molar-refractivity contribution is -0.136. The molecule has 122 valence electrons. The van der Waals surface area contributed by atoms with Crippen LogP contribution >= 0.6 is 0 Å². The van der Waals surface area contributed by atoms with Crippen molar-refractivity contribution in [3.63, 3.8) is 0 Å². The molecule has 0 spiro atoms. The van der Waals surface area contributed by atoms with Crippen molar-refractivity contribution in [1.82, 2.24) is 5.32 Å². The van der Waals surface area contributed by atoms with Gasteiger partial charge in [-0.3, -0.25) is 9.59 Å². The monoisotopic (exact) mass is 308 g/mol. The van der Waals surface area contributed by atoms with Crippen LogP contribution in [0.25, 0.3) is 0 Å². The van der Waals surface area contributed by atoms with E-state index in [4.69, 9.17) is 4.74 Å². The van der Waals surface area contributed by atoms with Crippen LogP contribution in [0.4, 0.5) is 5.69 Å². The molecule has 0 saturated carbocycles. The van der Waals surface area contributed by atoms with Crippen molar-refractivity contribution in [1.29, 1.82) is 0 Å². The Kier molecular flexibility index (Phi) is 7.99. The molecule has 0 aliphatic heterocycles. The lowest BCUT2D eigenvalue weighted by Gasteiger charge is -2.09. The molecule has 6 nitrogen and oxygen atoms in total. The maximum Gasteiger partial charge on any atom is 0.313 e. The Balaban J connectivity index is 2.27. The van der Waals surface area contributed by atoms with Gasteiger partial charge in [0.25, 0.3) is 0 Å². The zero-order chi connectivity index (χ0) is 16.4. The predicted octanol–water partition coefficient (Wildman–Crippen LogP) is 1.96. The first-order valence-electron chi connectivity index (χ1n) is 7.51. The molecule has 3 N–H and O–H groups in total. The first-order valence-corrected chi connectivity index (χ1v) is 7.51. The zero-order valence-corrected chi connectivity index (χ0v) is 13.1. The van der Waals surface area contributed by atoms with E-state index in [0.29, 0.717) is 19.6 Å². The van der Waals surface area contributed by atoms with Gasteiger partial charge in [0.1, 0.15) is 5.75 Å². The second-order valence-corrected chi connectivity index (χ2v) is 5.05. The van der Waals surface area contributed by atoms with Gasteiger partial charge in [-0.1, -0.05) is 19.4 Å². The number of aromatic hydroxyl groups is 1. The number of anilines is 1. The lowest BCUT2D eigenvalue weighted by atomic mass is 10.2. The highest BCUT2D eigenvalue weighted by atomic mass is 16.5. The van der Waals surface area contributed by atoms with Crippen LogP contribution in [0, 0.1) is 6.92 Å². The SMILES string of the molecule is CCCCOCCCNC(=O)C(=O)Nc1cc(C)ccc1O. The van der Waals surface area contributed by atoms with Gasteiger partial charge in [0.2, 0.25) is 0 Å². The van der Waals surface area contributed by atoms with E-state index in [0.717, 1.165) is 25.0 Å². The minimum Gasteiger partial charge on any atom is -0.506 e. The van der Waals surface area contributed by atoms with Crippen molar-refractivity contribution in [2.24, 2.45) is 0 Å². The number of aryl methyl sites for hydroxylation is 1. The van der Waals surface area contributed by atoms with Crippen LogP contribution in [0.2, 0.25) is 0 Å². The van der Waals surface area contributed by atoms with E-state index in [-0.39, 0.29) is 11.4 Å². The summed E-state index contributed by atoms with van der Waals surface area (Å²) < 4.78 is 5.36. The van der Waals surface area contributed by atoms with E-state index in [2.05, 4.69) is 17.6 Å². The number of rotatable bonds is 8. The Morgan fingerprint density at radius 1 is 1.18 bits per heavy atom. The number of hydrogen-bond acceptors (Lipinski definition) is 4. The highest BCUT2D eigenvalue weighted by Crippen LogP contribution is 2.23. The Labute approximate surface area is 130 Å². The Hall–Kier alpha value is -2.08. The van der Waals surface area contributed by atoms with Crippen LogP contribution in [0.3, 0.4) is 0 Å². The summed E-state index contributed by atoms with van der Waals surface area (Å²) in [5, 5.41) is 14.5. The van der Waals surface area contributed by atoms with Crippen molar-refractivity contribution < 1.29 is 19.4 Å². The topological polar surface area (TPSA) is 87.7 Å². The first-order chi connectivity index (χ1) is 10.5. The van der Waals surface area contributed by atoms with Crippen molar-refractivity contribution in [2.75, 3.05) is 25.1 Å². The number of carbonyl (C=O) groups excluding carboxylic acids is 2. The fraction of sp³-hybridized carbons (Fsp3) is 0.500. The summed E-state index contributed by atoms with van der Waals surface area (Å²) in [7, 11) is 0. The van der Waals surface area contributed by atoms with E-state index in [1.54, 1.807) is 12.1 Å². The van der Waals surface area contributed by atoms with Crippen molar-refractivity contribution in [3.8, 4) is 5.75 Å². The summed E-state index contributed by atoms with van der Waals surface area (Å²) in [5.74, 6) is -1.60. The Morgan fingerprint density at radius 2 is 1.91 bits per heavy atom. The average Bonchev–Trinajstić information content (AvgIpc) is 2.49. The van der Waals surface area contributed by atoms with E-state index in [1.165, 1.54) is 6.07 Å². The van der Waals surface area contributed by atoms with Crippen LogP contribution in [0.1, 0.15) is 31.7 Å². The van der Waals surface area contributed by atoms with Gasteiger partial charge in [0.15, 0.2) is 0 Å². The Morgan fingerprint density at radius 3 is 2.64 bits per heavy atom. The number of unbranched alkanes of at least 4 members (excludes halogenated alkanes) is 1. The summed E-state index contributed by atoms with van der Waals surface area (Å²) in [5.41, 5.74) is 1.10. The van der Waals surface area contributed by atoms with Gasteiger partial charge in [-0.25, -0.2) is 0 Å². The molecule has 0 aromatic heterocycles. The molecule has 0 atom stereocenters. The molecule has 0 saturated heterocycles. The lowest BCUT2D eigenvalue weighted by Crippen LogP contribution is -2.36. The van der Waals surface area contributed by atoms with Gasteiger partial charge in [0.05, 0.1) is 5.69 Å². The van der Waals surface area contributed by atoms with Gasteiger partial charge in [-0.2, -0.15) is 0 Å². The minimum absolute atomic E-state index is 0.0731. The summed E-state index contributed by atoms with van der Waals surface area (Å²) in [6.07, 6.45) is 2.76. The highest BCUT2D eigenvalue weighted by Gasteiger charge is 2.14. The largest absolute Gasteiger partial charge is 0.506 e. The number of benzene rings is 1. The molecule has 1 aromatic carbocycles. The molecule has 0 heterocycles. The summed E-state index contributed by atoms with van der Waals surface area (Å²) >= 11 is 0. The summed E-state index contributed by atoms with van der Waals surface area (Å²) in [4.78, 5) is 23.3. The highest BCUT2D eigenvalue weighted by molar-refractivity contribution is 6.39. The normalized spacial score (nSPS) is 10.3. The molecule has 0 radical (unpaired) electrons. The molecule has 0 unspecified atom stereocenters. The smallest absolute Gasteiger partial charge is 0.313 e. The van der Waals surface area contributed by atoms with E-state index >= 15 is 0 Å². The number of hydrogen-bond donors (Lipinski definition) is 3. The van der Waals surface area contributed by atoms with Gasteiger partial charge < -0.3 is 20.5 Å². The molecule has 0 aliphatic carbocycles. The fourth-order valence-corrected chi connectivity index (χ4v) is 1.73. The average molecular weight is 308 g/mol. The second-order valence-electron chi connectivity index (χ2n) is 5.05. The number of amides is 2. The van der Waals surface area contributed by atoms with Gasteiger partial charge >= 0.3 is 11.8 Å². The third-order valence-electron chi connectivity index (χ3n) is 3.00. The molecular weight excluding hydrogens is 284 g/mol. The van der Waals surface area contributed by atoms with Gasteiger partial charge in [-0.15, -0.1) is 0 Å². The minimum atomic E-state index is -0.798. The summed E-state index contributed by atoms with van der Waals surface area (Å²) in [6, 6.07) is 4.78. The van der Waals surface area contributed by atoms with E-state index in [9.17, 15) is 14.7 Å². The van der Waals surface area contributed by atoms with Crippen molar-refractivity contribution in [3.05, 3.63) is 23.8 Å². The molecule has 1 rings (SSSR count). The molecule has 0 aliphatic rings. The summed E-state index contributed by atoms with van der Waals surface area (Å²) in [6.45, 7) is 5.57. The molecular formula is C16H24N2O4. The maximum absolute atomic E-state index is 11.7. The first kappa shape index (κ1) is 18.0. The fourth-order valence-electron chi connectivity index (χ4n) is 1.73. The van der Waals surface area contributed by atoms with E-state index < -0.39 is 11.8 Å². The van der Waals surface area contributed by atoms with Crippen molar-refractivity contribution >= 4 is 17.5 Å². The quantitative estimate of drug-likeness (QED) is 0.389. The zero-order valence-electron chi connectivity index (χ0n) is 13.1. The predicted molar refractivity (Wildman–Crippen MR) is 84.8 cm³/mol.